The molecule has 1 N–H and O–H groups in total. The molecule has 3 heteroatoms. The maximum Gasteiger partial charge on any atom is 0.109 e. The van der Waals surface area contributed by atoms with E-state index in [9.17, 15) is 0 Å². The van der Waals surface area contributed by atoms with Crippen molar-refractivity contribution in [3.05, 3.63) is 16.1 Å². The van der Waals surface area contributed by atoms with Gasteiger partial charge in [-0.2, -0.15) is 0 Å². The Bertz CT molecular complexity index is 399. The van der Waals surface area contributed by atoms with E-state index in [-0.39, 0.29) is 0 Å². The molecule has 4 unspecified atom stereocenters. The summed E-state index contributed by atoms with van der Waals surface area (Å²) in [6.07, 6.45) is 6.07. The van der Waals surface area contributed by atoms with Gasteiger partial charge in [0.2, 0.25) is 0 Å². The summed E-state index contributed by atoms with van der Waals surface area (Å²) in [5, 5.41) is 5.09. The molecule has 1 saturated carbocycles. The first-order chi connectivity index (χ1) is 8.97. The Labute approximate surface area is 122 Å². The summed E-state index contributed by atoms with van der Waals surface area (Å²) in [7, 11) is 0. The van der Waals surface area contributed by atoms with Gasteiger partial charge in [0, 0.05) is 17.1 Å². The van der Waals surface area contributed by atoms with E-state index >= 15 is 0 Å². The predicted octanol–water partition coefficient (Wildman–Crippen LogP) is 4.56. The number of rotatable bonds is 4. The number of aryl methyl sites for hydroxylation is 1. The van der Waals surface area contributed by atoms with Crippen molar-refractivity contribution in [1.29, 1.82) is 0 Å². The summed E-state index contributed by atoms with van der Waals surface area (Å²) in [6, 6.07) is 1.04. The lowest BCUT2D eigenvalue weighted by Gasteiger charge is -2.39. The topological polar surface area (TPSA) is 24.9 Å². The third-order valence-corrected chi connectivity index (χ3v) is 5.59. The molecule has 1 aromatic rings. The molecule has 0 radical (unpaired) electrons. The zero-order valence-electron chi connectivity index (χ0n) is 12.9. The second-order valence-corrected chi connectivity index (χ2v) is 7.90. The highest BCUT2D eigenvalue weighted by Crippen LogP contribution is 2.35. The molecule has 19 heavy (non-hydrogen) atoms. The van der Waals surface area contributed by atoms with Crippen molar-refractivity contribution in [1.82, 2.24) is 10.3 Å². The van der Waals surface area contributed by atoms with Gasteiger partial charge in [-0.05, 0) is 44.4 Å². The van der Waals surface area contributed by atoms with Crippen LogP contribution in [0.1, 0.15) is 62.9 Å². The Morgan fingerprint density at radius 1 is 1.32 bits per heavy atom. The molecular formula is C16H28N2S. The van der Waals surface area contributed by atoms with Crippen molar-refractivity contribution in [2.75, 3.05) is 0 Å². The molecule has 0 saturated heterocycles. The van der Waals surface area contributed by atoms with Gasteiger partial charge in [0.15, 0.2) is 0 Å². The molecule has 0 aliphatic heterocycles. The van der Waals surface area contributed by atoms with Crippen molar-refractivity contribution in [3.8, 4) is 0 Å². The van der Waals surface area contributed by atoms with Gasteiger partial charge in [0.25, 0.3) is 0 Å². The highest BCUT2D eigenvalue weighted by atomic mass is 32.1. The van der Waals surface area contributed by atoms with Crippen molar-refractivity contribution in [3.63, 3.8) is 0 Å². The Morgan fingerprint density at radius 2 is 2.05 bits per heavy atom. The monoisotopic (exact) mass is 280 g/mol. The van der Waals surface area contributed by atoms with Crippen LogP contribution in [0.3, 0.4) is 0 Å². The van der Waals surface area contributed by atoms with E-state index in [0.717, 1.165) is 17.8 Å². The molecule has 0 amide bonds. The lowest BCUT2D eigenvalue weighted by Crippen LogP contribution is -2.43. The van der Waals surface area contributed by atoms with Gasteiger partial charge in [-0.25, -0.2) is 4.98 Å². The van der Waals surface area contributed by atoms with Crippen LogP contribution in [-0.4, -0.2) is 11.0 Å². The minimum atomic E-state index is 0.384. The maximum absolute atomic E-state index is 4.53. The molecule has 1 aromatic heterocycles. The second-order valence-electron chi connectivity index (χ2n) is 6.63. The number of hydrogen-bond donors (Lipinski definition) is 1. The Hall–Kier alpha value is -0.410. The Morgan fingerprint density at radius 3 is 2.63 bits per heavy atom. The predicted molar refractivity (Wildman–Crippen MR) is 83.5 cm³/mol. The van der Waals surface area contributed by atoms with Crippen LogP contribution in [0.15, 0.2) is 6.20 Å². The van der Waals surface area contributed by atoms with E-state index in [1.807, 2.05) is 17.5 Å². The minimum absolute atomic E-state index is 0.384. The van der Waals surface area contributed by atoms with Gasteiger partial charge in [-0.3, -0.25) is 0 Å². The fourth-order valence-electron chi connectivity index (χ4n) is 3.36. The Kier molecular flexibility index (Phi) is 5.02. The normalized spacial score (nSPS) is 29.7. The van der Waals surface area contributed by atoms with Crippen LogP contribution in [0.4, 0.5) is 0 Å². The van der Waals surface area contributed by atoms with Gasteiger partial charge >= 0.3 is 0 Å². The first kappa shape index (κ1) is 15.0. The quantitative estimate of drug-likeness (QED) is 0.874. The van der Waals surface area contributed by atoms with Crippen LogP contribution in [0, 0.1) is 24.7 Å². The summed E-state index contributed by atoms with van der Waals surface area (Å²) < 4.78 is 0. The smallest absolute Gasteiger partial charge is 0.109 e. The fraction of sp³-hybridized carbons (Fsp3) is 0.812. The van der Waals surface area contributed by atoms with Crippen LogP contribution in [0.2, 0.25) is 0 Å². The molecule has 4 atom stereocenters. The average Bonchev–Trinajstić information content (AvgIpc) is 2.75. The Balaban J connectivity index is 2.02. The molecule has 2 nitrogen and oxygen atoms in total. The average molecular weight is 280 g/mol. The highest BCUT2D eigenvalue weighted by Gasteiger charge is 2.31. The van der Waals surface area contributed by atoms with Gasteiger partial charge < -0.3 is 5.32 Å². The van der Waals surface area contributed by atoms with Gasteiger partial charge in [-0.15, -0.1) is 11.3 Å². The molecule has 1 aliphatic carbocycles. The molecule has 1 aliphatic rings. The standard InChI is InChI=1S/C16H28N2S/c1-10(2)14-7-6-11(3)8-15(14)18-13(5)16-17-9-12(4)19-16/h9-11,13-15,18H,6-8H2,1-5H3. The lowest BCUT2D eigenvalue weighted by molar-refractivity contribution is 0.161. The van der Waals surface area contributed by atoms with E-state index < -0.39 is 0 Å². The number of nitrogens with zero attached hydrogens (tertiary/aromatic N) is 1. The second kappa shape index (κ2) is 6.36. The van der Waals surface area contributed by atoms with Crippen molar-refractivity contribution < 1.29 is 0 Å². The summed E-state index contributed by atoms with van der Waals surface area (Å²) in [5.74, 6) is 2.45. The van der Waals surface area contributed by atoms with Crippen molar-refractivity contribution >= 4 is 11.3 Å². The molecule has 1 fully saturated rings. The first-order valence-electron chi connectivity index (χ1n) is 7.65. The highest BCUT2D eigenvalue weighted by molar-refractivity contribution is 7.11. The molecule has 108 valence electrons. The first-order valence-corrected chi connectivity index (χ1v) is 8.47. The zero-order chi connectivity index (χ0) is 14.0. The fourth-order valence-corrected chi connectivity index (χ4v) is 4.14. The number of nitrogens with one attached hydrogen (secondary N) is 1. The maximum atomic E-state index is 4.53. The lowest BCUT2D eigenvalue weighted by atomic mass is 9.74. The van der Waals surface area contributed by atoms with Gasteiger partial charge in [0.05, 0.1) is 6.04 Å². The summed E-state index contributed by atoms with van der Waals surface area (Å²) in [5.41, 5.74) is 0. The summed E-state index contributed by atoms with van der Waals surface area (Å²) in [6.45, 7) is 11.5. The van der Waals surface area contributed by atoms with E-state index in [1.165, 1.54) is 29.1 Å². The van der Waals surface area contributed by atoms with E-state index in [0.29, 0.717) is 12.1 Å². The van der Waals surface area contributed by atoms with E-state index in [1.54, 1.807) is 0 Å². The SMILES string of the molecule is Cc1cnc(C(C)NC2CC(C)CCC2C(C)C)s1. The molecule has 0 aromatic carbocycles. The molecule has 0 bridgehead atoms. The summed E-state index contributed by atoms with van der Waals surface area (Å²) >= 11 is 1.82. The van der Waals surface area contributed by atoms with Crippen LogP contribution in [-0.2, 0) is 0 Å². The molecule has 1 heterocycles. The third kappa shape index (κ3) is 3.79. The largest absolute Gasteiger partial charge is 0.305 e. The summed E-state index contributed by atoms with van der Waals surface area (Å²) in [4.78, 5) is 5.83. The van der Waals surface area contributed by atoms with E-state index in [4.69, 9.17) is 0 Å². The third-order valence-electron chi connectivity index (χ3n) is 4.50. The number of hydrogen-bond acceptors (Lipinski definition) is 3. The van der Waals surface area contributed by atoms with Crippen molar-refractivity contribution in [2.45, 2.75) is 66.0 Å². The van der Waals surface area contributed by atoms with Crippen LogP contribution in [0.5, 0.6) is 0 Å². The molecular weight excluding hydrogens is 252 g/mol. The number of thiazole rings is 1. The molecule has 0 spiro atoms. The van der Waals surface area contributed by atoms with Gasteiger partial charge in [0.1, 0.15) is 5.01 Å². The number of aromatic nitrogens is 1. The van der Waals surface area contributed by atoms with E-state index in [2.05, 4.69) is 44.9 Å². The zero-order valence-corrected chi connectivity index (χ0v) is 13.8. The minimum Gasteiger partial charge on any atom is -0.305 e. The van der Waals surface area contributed by atoms with Crippen LogP contribution >= 0.6 is 11.3 Å². The van der Waals surface area contributed by atoms with Crippen LogP contribution < -0.4 is 5.32 Å². The molecule has 2 rings (SSSR count). The van der Waals surface area contributed by atoms with Gasteiger partial charge in [-0.1, -0.05) is 27.2 Å². The van der Waals surface area contributed by atoms with Crippen LogP contribution in [0.25, 0.3) is 0 Å². The van der Waals surface area contributed by atoms with Crippen molar-refractivity contribution in [2.24, 2.45) is 17.8 Å².